The van der Waals surface area contributed by atoms with Gasteiger partial charge in [-0.1, -0.05) is 12.1 Å². The molecule has 0 unspecified atom stereocenters. The van der Waals surface area contributed by atoms with E-state index in [2.05, 4.69) is 15.3 Å². The van der Waals surface area contributed by atoms with Crippen LogP contribution in [0.15, 0.2) is 48.7 Å². The van der Waals surface area contributed by atoms with Gasteiger partial charge >= 0.3 is 12.0 Å². The number of nitrogens with one attached hydrogen (secondary N) is 1. The minimum atomic E-state index is -1.09. The van der Waals surface area contributed by atoms with Crippen molar-refractivity contribution in [2.45, 2.75) is 0 Å². The number of hydrogen-bond donors (Lipinski definition) is 3. The van der Waals surface area contributed by atoms with Crippen LogP contribution in [0.1, 0.15) is 10.4 Å². The second-order valence-electron chi connectivity index (χ2n) is 6.66. The van der Waals surface area contributed by atoms with Crippen LogP contribution in [0.25, 0.3) is 11.0 Å². The summed E-state index contributed by atoms with van der Waals surface area (Å²) in [5.74, 6) is -0.239. The standard InChI is InChI=1S/C20H19N5O4/c26-13-5-6-16-17(11-13)21-12-18(22-16)24-7-9-25(10-8-24)20(29)23-15-4-2-1-3-14(15)19(27)28/h1-6,11-12,26H,7-10H2,(H,23,29)(H,27,28). The first kappa shape index (κ1) is 18.5. The molecule has 1 fully saturated rings. The van der Waals surface area contributed by atoms with E-state index >= 15 is 0 Å². The highest BCUT2D eigenvalue weighted by Gasteiger charge is 2.23. The molecule has 1 aliphatic heterocycles. The average molecular weight is 393 g/mol. The predicted molar refractivity (Wildman–Crippen MR) is 107 cm³/mol. The van der Waals surface area contributed by atoms with Gasteiger partial charge in [0.1, 0.15) is 11.6 Å². The molecule has 1 aromatic heterocycles. The van der Waals surface area contributed by atoms with Crippen molar-refractivity contribution in [1.29, 1.82) is 0 Å². The number of anilines is 2. The van der Waals surface area contributed by atoms with Crippen molar-refractivity contribution in [3.63, 3.8) is 0 Å². The Labute approximate surface area is 166 Å². The van der Waals surface area contributed by atoms with Gasteiger partial charge in [0, 0.05) is 32.2 Å². The Morgan fingerprint density at radius 1 is 1.00 bits per heavy atom. The van der Waals surface area contributed by atoms with E-state index in [0.29, 0.717) is 43.0 Å². The van der Waals surface area contributed by atoms with Crippen molar-refractivity contribution in [3.8, 4) is 5.75 Å². The first-order chi connectivity index (χ1) is 14.0. The van der Waals surface area contributed by atoms with Crippen molar-refractivity contribution in [1.82, 2.24) is 14.9 Å². The van der Waals surface area contributed by atoms with Crippen molar-refractivity contribution in [3.05, 3.63) is 54.2 Å². The lowest BCUT2D eigenvalue weighted by Crippen LogP contribution is -2.50. The van der Waals surface area contributed by atoms with E-state index in [9.17, 15) is 19.8 Å². The number of nitrogens with zero attached hydrogens (tertiary/aromatic N) is 4. The molecule has 1 saturated heterocycles. The summed E-state index contributed by atoms with van der Waals surface area (Å²) in [5, 5.41) is 21.5. The molecule has 2 aromatic carbocycles. The summed E-state index contributed by atoms with van der Waals surface area (Å²) in [5.41, 5.74) is 1.63. The number of aromatic carboxylic acids is 1. The van der Waals surface area contributed by atoms with Gasteiger partial charge in [0.05, 0.1) is 28.5 Å². The molecule has 2 heterocycles. The molecule has 9 heteroatoms. The second-order valence-corrected chi connectivity index (χ2v) is 6.66. The summed E-state index contributed by atoms with van der Waals surface area (Å²) in [6.07, 6.45) is 1.65. The molecule has 2 amide bonds. The van der Waals surface area contributed by atoms with Gasteiger partial charge in [0.25, 0.3) is 0 Å². The van der Waals surface area contributed by atoms with Crippen LogP contribution in [0, 0.1) is 0 Å². The molecule has 0 aliphatic carbocycles. The molecule has 0 saturated carbocycles. The zero-order valence-electron chi connectivity index (χ0n) is 15.4. The molecular formula is C20H19N5O4. The third-order valence-electron chi connectivity index (χ3n) is 4.80. The van der Waals surface area contributed by atoms with Gasteiger partial charge in [-0.2, -0.15) is 0 Å². The van der Waals surface area contributed by atoms with E-state index in [1.807, 2.05) is 4.90 Å². The molecule has 3 aromatic rings. The van der Waals surface area contributed by atoms with Crippen LogP contribution in [-0.4, -0.2) is 63.3 Å². The Hall–Kier alpha value is -3.88. The maximum Gasteiger partial charge on any atom is 0.337 e. The van der Waals surface area contributed by atoms with E-state index in [-0.39, 0.29) is 23.0 Å². The number of rotatable bonds is 3. The van der Waals surface area contributed by atoms with E-state index in [4.69, 9.17) is 0 Å². The van der Waals surface area contributed by atoms with Crippen LogP contribution in [-0.2, 0) is 0 Å². The van der Waals surface area contributed by atoms with E-state index in [0.717, 1.165) is 0 Å². The number of carboxylic acids is 1. The number of piperazine rings is 1. The Balaban J connectivity index is 1.41. The summed E-state index contributed by atoms with van der Waals surface area (Å²) in [4.78, 5) is 36.4. The molecule has 29 heavy (non-hydrogen) atoms. The summed E-state index contributed by atoms with van der Waals surface area (Å²) in [6.45, 7) is 2.09. The van der Waals surface area contributed by atoms with Crippen molar-refractivity contribution < 1.29 is 19.8 Å². The number of carbonyl (C=O) groups is 2. The van der Waals surface area contributed by atoms with Crippen LogP contribution < -0.4 is 10.2 Å². The zero-order valence-corrected chi connectivity index (χ0v) is 15.4. The first-order valence-corrected chi connectivity index (χ1v) is 9.10. The zero-order chi connectivity index (χ0) is 20.4. The summed E-state index contributed by atoms with van der Waals surface area (Å²) in [6, 6.07) is 10.8. The number of aromatic nitrogens is 2. The number of amides is 2. The maximum atomic E-state index is 12.5. The van der Waals surface area contributed by atoms with Gasteiger partial charge in [-0.25, -0.2) is 14.6 Å². The van der Waals surface area contributed by atoms with Crippen LogP contribution in [0.2, 0.25) is 0 Å². The van der Waals surface area contributed by atoms with Gasteiger partial charge < -0.3 is 25.3 Å². The maximum absolute atomic E-state index is 12.5. The van der Waals surface area contributed by atoms with E-state index in [1.54, 1.807) is 47.5 Å². The molecule has 0 spiro atoms. The topological polar surface area (TPSA) is 119 Å². The largest absolute Gasteiger partial charge is 0.508 e. The summed E-state index contributed by atoms with van der Waals surface area (Å²) < 4.78 is 0. The third kappa shape index (κ3) is 3.88. The first-order valence-electron chi connectivity index (χ1n) is 9.10. The monoisotopic (exact) mass is 393 g/mol. The van der Waals surface area contributed by atoms with Crippen LogP contribution in [0.4, 0.5) is 16.3 Å². The highest BCUT2D eigenvalue weighted by atomic mass is 16.4. The van der Waals surface area contributed by atoms with Gasteiger partial charge in [-0.3, -0.25) is 4.98 Å². The number of fused-ring (bicyclic) bond motifs is 1. The number of hydrogen-bond acceptors (Lipinski definition) is 6. The number of carboxylic acid groups (broad SMARTS) is 1. The summed E-state index contributed by atoms with van der Waals surface area (Å²) in [7, 11) is 0. The van der Waals surface area contributed by atoms with Gasteiger partial charge in [-0.15, -0.1) is 0 Å². The molecule has 0 radical (unpaired) electrons. The number of phenols is 1. The number of carbonyl (C=O) groups excluding carboxylic acids is 1. The molecule has 148 valence electrons. The Morgan fingerprint density at radius 2 is 1.76 bits per heavy atom. The minimum absolute atomic E-state index is 0.0527. The van der Waals surface area contributed by atoms with Crippen LogP contribution >= 0.6 is 0 Å². The normalized spacial score (nSPS) is 14.1. The van der Waals surface area contributed by atoms with Crippen molar-refractivity contribution in [2.75, 3.05) is 36.4 Å². The van der Waals surface area contributed by atoms with Gasteiger partial charge in [0.15, 0.2) is 0 Å². The third-order valence-corrected chi connectivity index (χ3v) is 4.80. The second kappa shape index (κ2) is 7.63. The number of urea groups is 1. The average Bonchev–Trinajstić information content (AvgIpc) is 2.73. The highest BCUT2D eigenvalue weighted by Crippen LogP contribution is 2.21. The lowest BCUT2D eigenvalue weighted by molar-refractivity contribution is 0.0698. The van der Waals surface area contributed by atoms with Crippen molar-refractivity contribution >= 4 is 34.5 Å². The van der Waals surface area contributed by atoms with E-state index in [1.165, 1.54) is 6.07 Å². The molecule has 3 N–H and O–H groups in total. The van der Waals surface area contributed by atoms with Crippen molar-refractivity contribution in [2.24, 2.45) is 0 Å². The molecule has 0 atom stereocenters. The summed E-state index contributed by atoms with van der Waals surface area (Å²) >= 11 is 0. The fourth-order valence-electron chi connectivity index (χ4n) is 3.25. The van der Waals surface area contributed by atoms with E-state index < -0.39 is 5.97 Å². The highest BCUT2D eigenvalue weighted by molar-refractivity contribution is 6.00. The van der Waals surface area contributed by atoms with Gasteiger partial charge in [0.2, 0.25) is 0 Å². The van der Waals surface area contributed by atoms with Gasteiger partial charge in [-0.05, 0) is 24.3 Å². The minimum Gasteiger partial charge on any atom is -0.508 e. The fourth-order valence-corrected chi connectivity index (χ4v) is 3.25. The molecule has 4 rings (SSSR count). The Kier molecular flexibility index (Phi) is 4.86. The number of aromatic hydroxyl groups is 1. The molecule has 9 nitrogen and oxygen atoms in total. The van der Waals surface area contributed by atoms with Crippen LogP contribution in [0.3, 0.4) is 0 Å². The fraction of sp³-hybridized carbons (Fsp3) is 0.200. The molecule has 1 aliphatic rings. The van der Waals surface area contributed by atoms with Crippen LogP contribution in [0.5, 0.6) is 5.75 Å². The molecular weight excluding hydrogens is 374 g/mol. The Morgan fingerprint density at radius 3 is 2.52 bits per heavy atom. The smallest absolute Gasteiger partial charge is 0.337 e. The predicted octanol–water partition coefficient (Wildman–Crippen LogP) is 2.39. The quantitative estimate of drug-likeness (QED) is 0.625. The SMILES string of the molecule is O=C(O)c1ccccc1NC(=O)N1CCN(c2cnc3cc(O)ccc3n2)CC1. The number of phenolic OH excluding ortho intramolecular Hbond substituents is 1. The number of benzene rings is 2. The number of para-hydroxylation sites is 1. The molecule has 0 bridgehead atoms. The Bertz CT molecular complexity index is 1080. The lowest BCUT2D eigenvalue weighted by atomic mass is 10.2. The lowest BCUT2D eigenvalue weighted by Gasteiger charge is -2.35.